The van der Waals surface area contributed by atoms with Crippen LogP contribution in [-0.2, 0) is 10.0 Å². The molecule has 0 bridgehead atoms. The molecule has 1 saturated carbocycles. The van der Waals surface area contributed by atoms with Gasteiger partial charge in [-0.15, -0.1) is 0 Å². The highest BCUT2D eigenvalue weighted by Crippen LogP contribution is 2.30. The van der Waals surface area contributed by atoms with Gasteiger partial charge < -0.3 is 0 Å². The van der Waals surface area contributed by atoms with Crippen molar-refractivity contribution in [3.05, 3.63) is 40.9 Å². The lowest BCUT2D eigenvalue weighted by atomic mass is 9.96. The lowest BCUT2D eigenvalue weighted by Gasteiger charge is -2.23. The van der Waals surface area contributed by atoms with Gasteiger partial charge in [-0.1, -0.05) is 59.5 Å². The van der Waals surface area contributed by atoms with E-state index in [2.05, 4.69) is 20.7 Å². The first-order chi connectivity index (χ1) is 10.1. The number of benzene rings is 2. The highest BCUT2D eigenvalue weighted by Gasteiger charge is 2.23. The van der Waals surface area contributed by atoms with Crippen molar-refractivity contribution in [2.45, 2.75) is 43.0 Å². The number of halogens is 1. The molecule has 1 aliphatic carbocycles. The second-order valence-electron chi connectivity index (χ2n) is 5.55. The molecule has 0 unspecified atom stereocenters. The predicted molar refractivity (Wildman–Crippen MR) is 88.8 cm³/mol. The molecule has 2 aromatic carbocycles. The summed E-state index contributed by atoms with van der Waals surface area (Å²) in [6, 6.07) is 11.1. The Kier molecular flexibility index (Phi) is 4.33. The summed E-state index contributed by atoms with van der Waals surface area (Å²) in [6.07, 6.45) is 5.30. The van der Waals surface area contributed by atoms with E-state index in [0.717, 1.165) is 40.9 Å². The van der Waals surface area contributed by atoms with E-state index in [-0.39, 0.29) is 6.04 Å². The van der Waals surface area contributed by atoms with Crippen molar-refractivity contribution in [2.24, 2.45) is 0 Å². The molecule has 0 spiro atoms. The second-order valence-corrected chi connectivity index (χ2v) is 8.08. The molecule has 3 nitrogen and oxygen atoms in total. The Bertz CT molecular complexity index is 752. The Morgan fingerprint density at radius 1 is 0.952 bits per heavy atom. The topological polar surface area (TPSA) is 46.2 Å². The van der Waals surface area contributed by atoms with Crippen LogP contribution in [0.25, 0.3) is 10.8 Å². The van der Waals surface area contributed by atoms with Crippen LogP contribution in [0.4, 0.5) is 0 Å². The summed E-state index contributed by atoms with van der Waals surface area (Å²) in [4.78, 5) is 0.367. The van der Waals surface area contributed by atoms with Crippen molar-refractivity contribution in [1.82, 2.24) is 4.72 Å². The van der Waals surface area contributed by atoms with Crippen LogP contribution in [0.2, 0.25) is 0 Å². The molecule has 112 valence electrons. The Labute approximate surface area is 133 Å². The van der Waals surface area contributed by atoms with E-state index in [0.29, 0.717) is 4.90 Å². The molecule has 5 heteroatoms. The number of rotatable bonds is 3. The van der Waals surface area contributed by atoms with Crippen molar-refractivity contribution < 1.29 is 8.42 Å². The van der Waals surface area contributed by atoms with Crippen molar-refractivity contribution in [3.8, 4) is 0 Å². The van der Waals surface area contributed by atoms with Crippen molar-refractivity contribution >= 4 is 36.7 Å². The first-order valence-corrected chi connectivity index (χ1v) is 9.55. The van der Waals surface area contributed by atoms with E-state index in [4.69, 9.17) is 0 Å². The number of sulfonamides is 1. The van der Waals surface area contributed by atoms with Gasteiger partial charge in [-0.05, 0) is 30.4 Å². The lowest BCUT2D eigenvalue weighted by Crippen LogP contribution is -2.36. The Morgan fingerprint density at radius 3 is 2.33 bits per heavy atom. The molecule has 1 fully saturated rings. The third kappa shape index (κ3) is 3.15. The summed E-state index contributed by atoms with van der Waals surface area (Å²) >= 11 is 3.48. The molecule has 0 atom stereocenters. The average Bonchev–Trinajstić information content (AvgIpc) is 2.48. The average molecular weight is 368 g/mol. The molecular weight excluding hydrogens is 350 g/mol. The van der Waals surface area contributed by atoms with Crippen molar-refractivity contribution in [3.63, 3.8) is 0 Å². The number of hydrogen-bond acceptors (Lipinski definition) is 2. The van der Waals surface area contributed by atoms with Gasteiger partial charge in [-0.2, -0.15) is 0 Å². The first-order valence-electron chi connectivity index (χ1n) is 7.27. The van der Waals surface area contributed by atoms with Crippen LogP contribution in [0.15, 0.2) is 45.8 Å². The molecule has 0 heterocycles. The fourth-order valence-corrected chi connectivity index (χ4v) is 4.97. The summed E-state index contributed by atoms with van der Waals surface area (Å²) < 4.78 is 29.2. The predicted octanol–water partition coefficient (Wildman–Crippen LogP) is 4.21. The Morgan fingerprint density at radius 2 is 1.62 bits per heavy atom. The van der Waals surface area contributed by atoms with E-state index in [1.807, 2.05) is 24.3 Å². The SMILES string of the molecule is O=S(=O)(NC1CCCCC1)c1ccc(Br)c2ccccc12. The van der Waals surface area contributed by atoms with Crippen LogP contribution >= 0.6 is 15.9 Å². The fourth-order valence-electron chi connectivity index (χ4n) is 2.97. The van der Waals surface area contributed by atoms with Gasteiger partial charge in [0.05, 0.1) is 4.90 Å². The molecule has 0 aromatic heterocycles. The summed E-state index contributed by atoms with van der Waals surface area (Å²) in [7, 11) is -3.47. The highest BCUT2D eigenvalue weighted by atomic mass is 79.9. The maximum atomic E-state index is 12.7. The lowest BCUT2D eigenvalue weighted by molar-refractivity contribution is 0.412. The smallest absolute Gasteiger partial charge is 0.208 e. The Hall–Kier alpha value is -0.910. The Balaban J connectivity index is 2.00. The van der Waals surface area contributed by atoms with E-state index in [1.165, 1.54) is 6.42 Å². The second kappa shape index (κ2) is 6.07. The summed E-state index contributed by atoms with van der Waals surface area (Å²) in [5.74, 6) is 0. The monoisotopic (exact) mass is 367 g/mol. The number of hydrogen-bond donors (Lipinski definition) is 1. The van der Waals surface area contributed by atoms with E-state index < -0.39 is 10.0 Å². The van der Waals surface area contributed by atoms with Gasteiger partial charge >= 0.3 is 0 Å². The van der Waals surface area contributed by atoms with Crippen LogP contribution < -0.4 is 4.72 Å². The minimum Gasteiger partial charge on any atom is -0.208 e. The quantitative estimate of drug-likeness (QED) is 0.882. The molecule has 2 aromatic rings. The molecule has 0 radical (unpaired) electrons. The van der Waals surface area contributed by atoms with Crippen LogP contribution in [0.5, 0.6) is 0 Å². The highest BCUT2D eigenvalue weighted by molar-refractivity contribution is 9.10. The zero-order valence-corrected chi connectivity index (χ0v) is 14.1. The van der Waals surface area contributed by atoms with E-state index in [9.17, 15) is 8.42 Å². The maximum Gasteiger partial charge on any atom is 0.241 e. The van der Waals surface area contributed by atoms with E-state index >= 15 is 0 Å². The van der Waals surface area contributed by atoms with Gasteiger partial charge in [0.2, 0.25) is 10.0 Å². The van der Waals surface area contributed by atoms with Gasteiger partial charge in [0, 0.05) is 15.9 Å². The van der Waals surface area contributed by atoms with Gasteiger partial charge in [0.15, 0.2) is 0 Å². The summed E-state index contributed by atoms with van der Waals surface area (Å²) in [5.41, 5.74) is 0. The molecule has 0 saturated heterocycles. The minimum atomic E-state index is -3.47. The van der Waals surface area contributed by atoms with Crippen LogP contribution in [0.3, 0.4) is 0 Å². The summed E-state index contributed by atoms with van der Waals surface area (Å²) in [5, 5.41) is 1.68. The zero-order chi connectivity index (χ0) is 14.9. The molecule has 3 rings (SSSR count). The molecule has 0 amide bonds. The van der Waals surface area contributed by atoms with Gasteiger partial charge in [0.25, 0.3) is 0 Å². The third-order valence-corrected chi connectivity index (χ3v) is 6.32. The van der Waals surface area contributed by atoms with Gasteiger partial charge in [-0.25, -0.2) is 13.1 Å². The first kappa shape index (κ1) is 15.0. The van der Waals surface area contributed by atoms with Crippen molar-refractivity contribution in [1.29, 1.82) is 0 Å². The normalized spacial score (nSPS) is 17.2. The zero-order valence-electron chi connectivity index (χ0n) is 11.7. The maximum absolute atomic E-state index is 12.7. The van der Waals surface area contributed by atoms with Crippen LogP contribution in [-0.4, -0.2) is 14.5 Å². The molecular formula is C16H18BrNO2S. The molecule has 0 aliphatic heterocycles. The minimum absolute atomic E-state index is 0.0751. The van der Waals surface area contributed by atoms with Gasteiger partial charge in [-0.3, -0.25) is 0 Å². The number of nitrogens with one attached hydrogen (secondary N) is 1. The standard InChI is InChI=1S/C16H18BrNO2S/c17-15-10-11-16(14-9-5-4-8-13(14)15)21(19,20)18-12-6-2-1-3-7-12/h4-5,8-12,18H,1-3,6-7H2. The van der Waals surface area contributed by atoms with Crippen molar-refractivity contribution in [2.75, 3.05) is 0 Å². The molecule has 1 aliphatic rings. The third-order valence-electron chi connectivity index (χ3n) is 4.05. The number of fused-ring (bicyclic) bond motifs is 1. The molecule has 21 heavy (non-hydrogen) atoms. The largest absolute Gasteiger partial charge is 0.241 e. The fraction of sp³-hybridized carbons (Fsp3) is 0.375. The van der Waals surface area contributed by atoms with E-state index in [1.54, 1.807) is 12.1 Å². The summed E-state index contributed by atoms with van der Waals surface area (Å²) in [6.45, 7) is 0. The molecule has 1 N–H and O–H groups in total. The van der Waals surface area contributed by atoms with Crippen LogP contribution in [0.1, 0.15) is 32.1 Å². The van der Waals surface area contributed by atoms with Crippen LogP contribution in [0, 0.1) is 0 Å². The van der Waals surface area contributed by atoms with Gasteiger partial charge in [0.1, 0.15) is 0 Å².